The number of fused-ring (bicyclic) bond motifs is 6. The molecule has 208 valence electrons. The van der Waals surface area contributed by atoms with Crippen molar-refractivity contribution < 1.29 is 23.9 Å². The van der Waals surface area contributed by atoms with Crippen LogP contribution in [-0.4, -0.2) is 42.6 Å². The number of Topliss-reactive ketones (excluding diaryl/α,β-unsaturated/α-hetero) is 2. The number of nitrogens with one attached hydrogen (secondary N) is 1. The highest BCUT2D eigenvalue weighted by Crippen LogP contribution is 2.62. The zero-order valence-electron chi connectivity index (χ0n) is 23.1. The first-order valence-electron chi connectivity index (χ1n) is 13.8. The number of para-hydroxylation sites is 1. The summed E-state index contributed by atoms with van der Waals surface area (Å²) in [7, 11) is 3.03. The first-order chi connectivity index (χ1) is 20.5. The minimum atomic E-state index is -1.39. The van der Waals surface area contributed by atoms with Gasteiger partial charge in [0, 0.05) is 17.5 Å². The lowest BCUT2D eigenvalue weighted by atomic mass is 9.62. The number of ether oxygens (including phenoxy) is 2. The van der Waals surface area contributed by atoms with E-state index in [1.807, 2.05) is 71.8 Å². The number of hydrogen-bond donors (Lipinski definition) is 1. The molecule has 0 bridgehead atoms. The van der Waals surface area contributed by atoms with Gasteiger partial charge in [0.15, 0.2) is 11.6 Å². The summed E-state index contributed by atoms with van der Waals surface area (Å²) in [6.45, 7) is 0. The summed E-state index contributed by atoms with van der Waals surface area (Å²) in [5.74, 6) is -1.12. The molecular weight excluding hydrogens is 528 g/mol. The Hall–Kier alpha value is -5.17. The maximum Gasteiger partial charge on any atom is 0.238 e. The Bertz CT molecular complexity index is 1780. The monoisotopic (exact) mass is 556 g/mol. The lowest BCUT2D eigenvalue weighted by Gasteiger charge is -2.38. The van der Waals surface area contributed by atoms with E-state index >= 15 is 0 Å². The van der Waals surface area contributed by atoms with Crippen LogP contribution >= 0.6 is 0 Å². The van der Waals surface area contributed by atoms with Gasteiger partial charge in [0.25, 0.3) is 0 Å². The van der Waals surface area contributed by atoms with Gasteiger partial charge in [-0.15, -0.1) is 0 Å². The molecule has 0 aromatic heterocycles. The highest BCUT2D eigenvalue weighted by Gasteiger charge is 2.70. The van der Waals surface area contributed by atoms with Gasteiger partial charge in [-0.05, 0) is 47.0 Å². The Kier molecular flexibility index (Phi) is 5.97. The highest BCUT2D eigenvalue weighted by molar-refractivity contribution is 6.17. The number of benzene rings is 4. The number of hydrogen-bond acceptors (Lipinski definition) is 6. The zero-order chi connectivity index (χ0) is 29.0. The molecule has 3 aliphatic heterocycles. The summed E-state index contributed by atoms with van der Waals surface area (Å²) in [5, 5.41) is 3.07. The fourth-order valence-electron chi connectivity index (χ4n) is 7.12. The number of carbonyl (C=O) groups is 3. The number of amides is 1. The van der Waals surface area contributed by atoms with E-state index in [0.29, 0.717) is 28.3 Å². The van der Waals surface area contributed by atoms with Crippen molar-refractivity contribution >= 4 is 29.2 Å². The van der Waals surface area contributed by atoms with Crippen LogP contribution in [0.25, 0.3) is 6.08 Å². The van der Waals surface area contributed by atoms with Crippen LogP contribution in [-0.2, 0) is 10.2 Å². The van der Waals surface area contributed by atoms with Gasteiger partial charge in [-0.25, -0.2) is 0 Å². The van der Waals surface area contributed by atoms with Crippen LogP contribution in [0.15, 0.2) is 103 Å². The smallest absolute Gasteiger partial charge is 0.238 e. The molecule has 0 saturated carbocycles. The molecule has 1 spiro atoms. The molecule has 1 N–H and O–H groups in total. The summed E-state index contributed by atoms with van der Waals surface area (Å²) < 4.78 is 11.1. The van der Waals surface area contributed by atoms with Crippen LogP contribution in [0.2, 0.25) is 0 Å². The standard InChI is InChI=1S/C35H28N2O5/c1-41-23-16-17-28(42-2)25(20-23)32(39)30-29(31(38)22-11-4-3-5-12-22)35(26-14-8-9-15-27(26)36-34(35)40)33-24-13-7-6-10-21(24)18-19-37(30)33/h3-20,29-30,33H,1-2H3,(H,36,40)/t29-,30+,33+,35-/m0/s1. The molecule has 3 heterocycles. The van der Waals surface area contributed by atoms with E-state index in [1.54, 1.807) is 42.5 Å². The van der Waals surface area contributed by atoms with Crippen LogP contribution < -0.4 is 14.8 Å². The lowest BCUT2D eigenvalue weighted by Crippen LogP contribution is -2.49. The second-order valence-electron chi connectivity index (χ2n) is 10.7. The third-order valence-corrected chi connectivity index (χ3v) is 8.85. The first kappa shape index (κ1) is 25.8. The van der Waals surface area contributed by atoms with E-state index < -0.39 is 23.4 Å². The Morgan fingerprint density at radius 2 is 1.57 bits per heavy atom. The van der Waals surface area contributed by atoms with E-state index in [1.165, 1.54) is 14.2 Å². The van der Waals surface area contributed by atoms with Crippen molar-refractivity contribution in [3.63, 3.8) is 0 Å². The fraction of sp³-hybridized carbons (Fsp3) is 0.171. The molecule has 7 heteroatoms. The number of rotatable bonds is 6. The normalized spacial score (nSPS) is 23.1. The number of ketones is 2. The van der Waals surface area contributed by atoms with Gasteiger partial charge in [-0.2, -0.15) is 0 Å². The molecule has 7 rings (SSSR count). The Labute approximate surface area is 243 Å². The van der Waals surface area contributed by atoms with Gasteiger partial charge in [-0.1, -0.05) is 72.8 Å². The van der Waals surface area contributed by atoms with E-state index in [0.717, 1.165) is 11.1 Å². The van der Waals surface area contributed by atoms with Crippen molar-refractivity contribution in [1.29, 1.82) is 0 Å². The molecule has 4 aromatic carbocycles. The predicted octanol–water partition coefficient (Wildman–Crippen LogP) is 5.69. The molecule has 42 heavy (non-hydrogen) atoms. The quantitative estimate of drug-likeness (QED) is 0.308. The Morgan fingerprint density at radius 3 is 2.36 bits per heavy atom. The summed E-state index contributed by atoms with van der Waals surface area (Å²) >= 11 is 0. The van der Waals surface area contributed by atoms with Gasteiger partial charge in [0.05, 0.1) is 31.7 Å². The van der Waals surface area contributed by atoms with Crippen molar-refractivity contribution in [2.75, 3.05) is 19.5 Å². The Morgan fingerprint density at radius 1 is 0.833 bits per heavy atom. The SMILES string of the molecule is COc1ccc(OC)c(C(=O)[C@H]2[C@@H](C(=O)c3ccccc3)[C@]3(C(=O)Nc4ccccc43)[C@H]3c4ccccc4C=CN23)c1. The summed E-state index contributed by atoms with van der Waals surface area (Å²) in [4.78, 5) is 46.1. The topological polar surface area (TPSA) is 84.9 Å². The molecule has 0 radical (unpaired) electrons. The van der Waals surface area contributed by atoms with Crippen LogP contribution in [0.5, 0.6) is 11.5 Å². The molecule has 7 nitrogen and oxygen atoms in total. The first-order valence-corrected chi connectivity index (χ1v) is 13.8. The number of anilines is 1. The summed E-state index contributed by atoms with van der Waals surface area (Å²) in [6, 6.07) is 27.6. The molecule has 1 saturated heterocycles. The van der Waals surface area contributed by atoms with E-state index in [2.05, 4.69) is 5.32 Å². The van der Waals surface area contributed by atoms with Crippen LogP contribution in [0.3, 0.4) is 0 Å². The zero-order valence-corrected chi connectivity index (χ0v) is 23.1. The molecule has 1 fully saturated rings. The number of methoxy groups -OCH3 is 2. The minimum Gasteiger partial charge on any atom is -0.497 e. The summed E-state index contributed by atoms with van der Waals surface area (Å²) in [5.41, 5.74) is 2.49. The molecule has 0 aliphatic carbocycles. The van der Waals surface area contributed by atoms with Crippen molar-refractivity contribution in [1.82, 2.24) is 4.90 Å². The second-order valence-corrected chi connectivity index (χ2v) is 10.7. The van der Waals surface area contributed by atoms with Crippen molar-refractivity contribution in [3.8, 4) is 11.5 Å². The van der Waals surface area contributed by atoms with Gasteiger partial charge >= 0.3 is 0 Å². The third kappa shape index (κ3) is 3.49. The maximum absolute atomic E-state index is 14.9. The fourth-order valence-corrected chi connectivity index (χ4v) is 7.12. The average Bonchev–Trinajstić information content (AvgIpc) is 3.52. The van der Waals surface area contributed by atoms with Crippen LogP contribution in [0, 0.1) is 5.92 Å². The van der Waals surface area contributed by atoms with Gasteiger partial charge in [-0.3, -0.25) is 14.4 Å². The van der Waals surface area contributed by atoms with Gasteiger partial charge in [0.2, 0.25) is 5.91 Å². The number of carbonyl (C=O) groups excluding carboxylic acids is 3. The molecule has 1 amide bonds. The van der Waals surface area contributed by atoms with Gasteiger partial charge < -0.3 is 19.7 Å². The summed E-state index contributed by atoms with van der Waals surface area (Å²) in [6.07, 6.45) is 3.80. The van der Waals surface area contributed by atoms with E-state index in [9.17, 15) is 14.4 Å². The molecule has 0 unspecified atom stereocenters. The minimum absolute atomic E-state index is 0.275. The molecule has 4 aromatic rings. The second kappa shape index (κ2) is 9.73. The van der Waals surface area contributed by atoms with E-state index in [-0.39, 0.29) is 23.0 Å². The van der Waals surface area contributed by atoms with E-state index in [4.69, 9.17) is 9.47 Å². The predicted molar refractivity (Wildman–Crippen MR) is 159 cm³/mol. The largest absolute Gasteiger partial charge is 0.497 e. The molecule has 3 aliphatic rings. The molecular formula is C35H28N2O5. The van der Waals surface area contributed by atoms with Crippen molar-refractivity contribution in [2.45, 2.75) is 17.5 Å². The maximum atomic E-state index is 14.9. The average molecular weight is 557 g/mol. The third-order valence-electron chi connectivity index (χ3n) is 8.85. The van der Waals surface area contributed by atoms with Gasteiger partial charge in [0.1, 0.15) is 23.0 Å². The van der Waals surface area contributed by atoms with Crippen LogP contribution in [0.1, 0.15) is 43.4 Å². The van der Waals surface area contributed by atoms with Crippen molar-refractivity contribution in [2.24, 2.45) is 5.92 Å². The highest BCUT2D eigenvalue weighted by atomic mass is 16.5. The number of nitrogens with zero attached hydrogens (tertiary/aromatic N) is 1. The Balaban J connectivity index is 1.54. The van der Waals surface area contributed by atoms with Crippen molar-refractivity contribution in [3.05, 3.63) is 131 Å². The molecule has 4 atom stereocenters. The van der Waals surface area contributed by atoms with Crippen LogP contribution in [0.4, 0.5) is 5.69 Å². The lowest BCUT2D eigenvalue weighted by molar-refractivity contribution is -0.122.